The third kappa shape index (κ3) is 2.68. The lowest BCUT2D eigenvalue weighted by Gasteiger charge is -2.07. The van der Waals surface area contributed by atoms with Gasteiger partial charge in [0.2, 0.25) is 12.4 Å². The zero-order valence-electron chi connectivity index (χ0n) is 13.6. The first kappa shape index (κ1) is 16.2. The van der Waals surface area contributed by atoms with Crippen LogP contribution in [0.25, 0.3) is 33.1 Å². The van der Waals surface area contributed by atoms with Crippen molar-refractivity contribution >= 4 is 27.8 Å². The summed E-state index contributed by atoms with van der Waals surface area (Å²) in [5, 5.41) is 18.9. The van der Waals surface area contributed by atoms with E-state index in [1.165, 1.54) is 19.2 Å². The number of halogens is 1. The number of imidazole rings is 1. The van der Waals surface area contributed by atoms with Crippen molar-refractivity contribution in [1.29, 1.82) is 0 Å². The summed E-state index contributed by atoms with van der Waals surface area (Å²) >= 11 is 0. The van der Waals surface area contributed by atoms with Crippen LogP contribution in [-0.4, -0.2) is 38.8 Å². The molecule has 0 aliphatic heterocycles. The summed E-state index contributed by atoms with van der Waals surface area (Å²) in [4.78, 5) is 19.2. The molecular weight excluding hydrogens is 341 g/mol. The van der Waals surface area contributed by atoms with Gasteiger partial charge in [-0.3, -0.25) is 4.79 Å². The Kier molecular flexibility index (Phi) is 3.86. The van der Waals surface area contributed by atoms with Crippen molar-refractivity contribution in [1.82, 2.24) is 20.2 Å². The Morgan fingerprint density at radius 1 is 1.31 bits per heavy atom. The van der Waals surface area contributed by atoms with Crippen LogP contribution >= 0.6 is 0 Å². The highest BCUT2D eigenvalue weighted by Gasteiger charge is 2.14. The predicted molar refractivity (Wildman–Crippen MR) is 94.0 cm³/mol. The fraction of sp³-hybridized carbons (Fsp3) is 0.118. The van der Waals surface area contributed by atoms with Gasteiger partial charge in [-0.1, -0.05) is 12.1 Å². The van der Waals surface area contributed by atoms with E-state index in [2.05, 4.69) is 25.5 Å². The predicted octanol–water partition coefficient (Wildman–Crippen LogP) is 1.94. The first-order valence-electron chi connectivity index (χ1n) is 7.71. The molecule has 0 spiro atoms. The van der Waals surface area contributed by atoms with Gasteiger partial charge in [0.15, 0.2) is 0 Å². The quantitative estimate of drug-likeness (QED) is 0.416. The van der Waals surface area contributed by atoms with Crippen molar-refractivity contribution in [3.05, 3.63) is 52.6 Å². The third-order valence-corrected chi connectivity index (χ3v) is 4.00. The molecule has 0 bridgehead atoms. The van der Waals surface area contributed by atoms with Gasteiger partial charge in [-0.2, -0.15) is 5.10 Å². The molecule has 0 radical (unpaired) electrons. The standard InChI is InChI=1S/C17H14FN5O3/c1-26-17(25)21-16-19-11-6-5-8(7-12(11)20-16)14-13-9(15(24)23-22-14)3-2-4-10(13)18/h2-7,17,25H,1H3,(H,23,24)(H2,19,20,21). The lowest BCUT2D eigenvalue weighted by atomic mass is 10.0. The van der Waals surface area contributed by atoms with E-state index < -0.39 is 17.8 Å². The summed E-state index contributed by atoms with van der Waals surface area (Å²) in [5.74, 6) is -0.208. The van der Waals surface area contributed by atoms with Gasteiger partial charge in [-0.25, -0.2) is 14.5 Å². The monoisotopic (exact) mass is 355 g/mol. The fourth-order valence-electron chi connectivity index (χ4n) is 2.78. The molecule has 1 atom stereocenters. The molecule has 26 heavy (non-hydrogen) atoms. The number of ether oxygens (including phenoxy) is 1. The van der Waals surface area contributed by atoms with Crippen molar-refractivity contribution in [3.63, 3.8) is 0 Å². The Labute approximate surface area is 145 Å². The van der Waals surface area contributed by atoms with Gasteiger partial charge < -0.3 is 20.1 Å². The number of aromatic amines is 2. The number of hydrogen-bond donors (Lipinski definition) is 4. The number of anilines is 1. The number of rotatable bonds is 4. The van der Waals surface area contributed by atoms with Crippen molar-refractivity contribution in [2.75, 3.05) is 12.4 Å². The van der Waals surface area contributed by atoms with Crippen molar-refractivity contribution in [2.24, 2.45) is 0 Å². The van der Waals surface area contributed by atoms with E-state index in [1.807, 2.05) is 0 Å². The van der Waals surface area contributed by atoms with Gasteiger partial charge in [-0.15, -0.1) is 0 Å². The maximum Gasteiger partial charge on any atom is 0.272 e. The van der Waals surface area contributed by atoms with E-state index in [1.54, 1.807) is 24.3 Å². The lowest BCUT2D eigenvalue weighted by Crippen LogP contribution is -2.20. The van der Waals surface area contributed by atoms with Gasteiger partial charge in [0, 0.05) is 12.7 Å². The highest BCUT2D eigenvalue weighted by molar-refractivity contribution is 5.96. The maximum absolute atomic E-state index is 14.3. The Hall–Kier alpha value is -3.30. The fourth-order valence-corrected chi connectivity index (χ4v) is 2.78. The minimum atomic E-state index is -1.20. The average molecular weight is 355 g/mol. The van der Waals surface area contributed by atoms with Crippen LogP contribution in [0.15, 0.2) is 41.2 Å². The zero-order valence-corrected chi connectivity index (χ0v) is 13.6. The molecule has 0 saturated carbocycles. The van der Waals surface area contributed by atoms with Crippen molar-refractivity contribution in [2.45, 2.75) is 6.41 Å². The van der Waals surface area contributed by atoms with Crippen molar-refractivity contribution < 1.29 is 14.2 Å². The summed E-state index contributed by atoms with van der Waals surface area (Å²) in [7, 11) is 1.35. The second-order valence-corrected chi connectivity index (χ2v) is 5.61. The Bertz CT molecular complexity index is 1170. The number of aliphatic hydroxyl groups is 1. The molecule has 2 aromatic heterocycles. The topological polar surface area (TPSA) is 116 Å². The molecule has 4 rings (SSSR count). The number of H-pyrrole nitrogens is 2. The van der Waals surface area contributed by atoms with Crippen molar-refractivity contribution in [3.8, 4) is 11.3 Å². The third-order valence-electron chi connectivity index (χ3n) is 4.00. The highest BCUT2D eigenvalue weighted by atomic mass is 19.1. The average Bonchev–Trinajstić information content (AvgIpc) is 3.04. The molecule has 8 nitrogen and oxygen atoms in total. The first-order chi connectivity index (χ1) is 12.6. The van der Waals surface area contributed by atoms with E-state index in [0.717, 1.165) is 0 Å². The second kappa shape index (κ2) is 6.21. The molecule has 0 amide bonds. The minimum Gasteiger partial charge on any atom is -0.351 e. The lowest BCUT2D eigenvalue weighted by molar-refractivity contribution is -0.0514. The zero-order chi connectivity index (χ0) is 18.3. The number of aromatic nitrogens is 4. The molecule has 2 heterocycles. The van der Waals surface area contributed by atoms with Crippen LogP contribution in [0, 0.1) is 5.82 Å². The van der Waals surface area contributed by atoms with Gasteiger partial charge in [0.25, 0.3) is 5.56 Å². The van der Waals surface area contributed by atoms with E-state index in [9.17, 15) is 14.3 Å². The minimum absolute atomic E-state index is 0.152. The largest absolute Gasteiger partial charge is 0.351 e. The molecule has 9 heteroatoms. The maximum atomic E-state index is 14.3. The molecule has 0 aliphatic carbocycles. The Morgan fingerprint density at radius 3 is 2.96 bits per heavy atom. The number of nitrogens with zero attached hydrogens (tertiary/aromatic N) is 2. The smallest absolute Gasteiger partial charge is 0.272 e. The Morgan fingerprint density at radius 2 is 2.15 bits per heavy atom. The molecule has 132 valence electrons. The molecule has 0 saturated heterocycles. The van der Waals surface area contributed by atoms with E-state index in [0.29, 0.717) is 28.2 Å². The van der Waals surface area contributed by atoms with E-state index in [4.69, 9.17) is 4.74 Å². The van der Waals surface area contributed by atoms with Crippen LogP contribution in [0.3, 0.4) is 0 Å². The van der Waals surface area contributed by atoms with Gasteiger partial charge in [0.05, 0.1) is 21.8 Å². The van der Waals surface area contributed by atoms with Crippen LogP contribution in [-0.2, 0) is 4.74 Å². The number of hydrogen-bond acceptors (Lipinski definition) is 6. The summed E-state index contributed by atoms with van der Waals surface area (Å²) < 4.78 is 19.1. The summed E-state index contributed by atoms with van der Waals surface area (Å²) in [6.45, 7) is 0. The van der Waals surface area contributed by atoms with Crippen LogP contribution in [0.2, 0.25) is 0 Å². The molecule has 4 N–H and O–H groups in total. The van der Waals surface area contributed by atoms with E-state index in [-0.39, 0.29) is 10.8 Å². The number of fused-ring (bicyclic) bond motifs is 2. The second-order valence-electron chi connectivity index (χ2n) is 5.61. The van der Waals surface area contributed by atoms with Crippen LogP contribution in [0.1, 0.15) is 0 Å². The summed E-state index contributed by atoms with van der Waals surface area (Å²) in [6, 6.07) is 9.51. The van der Waals surface area contributed by atoms with Crippen LogP contribution < -0.4 is 10.9 Å². The number of aliphatic hydroxyl groups excluding tert-OH is 1. The molecule has 2 aromatic carbocycles. The first-order valence-corrected chi connectivity index (χ1v) is 7.71. The van der Waals surface area contributed by atoms with Gasteiger partial charge in [0.1, 0.15) is 11.5 Å². The SMILES string of the molecule is COC(O)Nc1nc2cc(-c3n[nH]c(=O)c4cccc(F)c34)ccc2[nH]1. The van der Waals surface area contributed by atoms with Crippen LogP contribution in [0.5, 0.6) is 0 Å². The number of methoxy groups -OCH3 is 1. The normalized spacial score (nSPS) is 12.6. The number of benzene rings is 2. The summed E-state index contributed by atoms with van der Waals surface area (Å²) in [5.41, 5.74) is 1.73. The molecule has 1 unspecified atom stereocenters. The van der Waals surface area contributed by atoms with Gasteiger partial charge >= 0.3 is 0 Å². The molecular formula is C17H14FN5O3. The Balaban J connectivity index is 1.86. The molecule has 4 aromatic rings. The summed E-state index contributed by atoms with van der Waals surface area (Å²) in [6.07, 6.45) is -1.20. The highest BCUT2D eigenvalue weighted by Crippen LogP contribution is 2.28. The molecule has 0 fully saturated rings. The van der Waals surface area contributed by atoms with Crippen LogP contribution in [0.4, 0.5) is 10.3 Å². The van der Waals surface area contributed by atoms with E-state index >= 15 is 0 Å². The molecule has 0 aliphatic rings. The number of nitrogens with one attached hydrogen (secondary N) is 3. The van der Waals surface area contributed by atoms with Gasteiger partial charge in [-0.05, 0) is 24.3 Å².